The van der Waals surface area contributed by atoms with Gasteiger partial charge in [0.1, 0.15) is 0 Å². The van der Waals surface area contributed by atoms with E-state index in [1.165, 1.54) is 0 Å². The van der Waals surface area contributed by atoms with Crippen LogP contribution in [0.5, 0.6) is 0 Å². The van der Waals surface area contributed by atoms with Crippen molar-refractivity contribution < 1.29 is 5.11 Å². The third kappa shape index (κ3) is 3.16. The first kappa shape index (κ1) is 14.9. The van der Waals surface area contributed by atoms with Crippen molar-refractivity contribution in [2.24, 2.45) is 0 Å². The number of aryl methyl sites for hydroxylation is 2. The lowest BCUT2D eigenvalue weighted by Crippen LogP contribution is -2.30. The van der Waals surface area contributed by atoms with Crippen LogP contribution in [-0.4, -0.2) is 32.4 Å². The minimum absolute atomic E-state index is 0.213. The van der Waals surface area contributed by atoms with Gasteiger partial charge in [0.25, 0.3) is 0 Å². The van der Waals surface area contributed by atoms with Gasteiger partial charge in [-0.25, -0.2) is 9.50 Å². The summed E-state index contributed by atoms with van der Waals surface area (Å²) in [7, 11) is 0. The van der Waals surface area contributed by atoms with Crippen molar-refractivity contribution in [1.82, 2.24) is 19.9 Å². The van der Waals surface area contributed by atoms with E-state index in [0.29, 0.717) is 6.04 Å². The van der Waals surface area contributed by atoms with Crippen LogP contribution in [0.25, 0.3) is 5.65 Å². The lowest BCUT2D eigenvalue weighted by atomic mass is 10.1. The SMILES string of the molecule is Cc1cc2ncc(C(C)NC(C)CCCO)c(C)n2n1. The molecule has 0 bridgehead atoms. The number of aromatic nitrogens is 3. The topological polar surface area (TPSA) is 62.5 Å². The normalized spacial score (nSPS) is 14.7. The molecule has 2 aromatic heterocycles. The van der Waals surface area contributed by atoms with Gasteiger partial charge in [-0.15, -0.1) is 0 Å². The van der Waals surface area contributed by atoms with Gasteiger partial charge in [-0.05, 0) is 40.5 Å². The lowest BCUT2D eigenvalue weighted by Gasteiger charge is -2.21. The molecule has 2 unspecified atom stereocenters. The Morgan fingerprint density at radius 2 is 2.10 bits per heavy atom. The Kier molecular flexibility index (Phi) is 4.73. The van der Waals surface area contributed by atoms with E-state index in [1.807, 2.05) is 23.7 Å². The molecule has 20 heavy (non-hydrogen) atoms. The van der Waals surface area contributed by atoms with E-state index in [9.17, 15) is 0 Å². The van der Waals surface area contributed by atoms with Crippen LogP contribution in [0.15, 0.2) is 12.3 Å². The van der Waals surface area contributed by atoms with E-state index in [-0.39, 0.29) is 12.6 Å². The van der Waals surface area contributed by atoms with Gasteiger partial charge < -0.3 is 10.4 Å². The predicted molar refractivity (Wildman–Crippen MR) is 79.8 cm³/mol. The maximum atomic E-state index is 8.88. The van der Waals surface area contributed by atoms with Crippen molar-refractivity contribution in [3.05, 3.63) is 29.2 Å². The van der Waals surface area contributed by atoms with Gasteiger partial charge in [0.05, 0.1) is 5.69 Å². The molecule has 0 radical (unpaired) electrons. The van der Waals surface area contributed by atoms with Gasteiger partial charge in [0.15, 0.2) is 5.65 Å². The molecule has 5 heteroatoms. The zero-order valence-corrected chi connectivity index (χ0v) is 12.7. The molecule has 2 heterocycles. The minimum Gasteiger partial charge on any atom is -0.396 e. The summed E-state index contributed by atoms with van der Waals surface area (Å²) in [4.78, 5) is 4.47. The van der Waals surface area contributed by atoms with Gasteiger partial charge in [-0.2, -0.15) is 5.10 Å². The Balaban J connectivity index is 2.17. The summed E-state index contributed by atoms with van der Waals surface area (Å²) < 4.78 is 1.90. The highest BCUT2D eigenvalue weighted by Gasteiger charge is 2.14. The van der Waals surface area contributed by atoms with Crippen LogP contribution < -0.4 is 5.32 Å². The zero-order chi connectivity index (χ0) is 14.7. The number of nitrogens with zero attached hydrogens (tertiary/aromatic N) is 3. The van der Waals surface area contributed by atoms with E-state index in [4.69, 9.17) is 5.11 Å². The molecule has 2 rings (SSSR count). The number of hydrogen-bond acceptors (Lipinski definition) is 4. The Bertz CT molecular complexity index is 579. The fraction of sp³-hybridized carbons (Fsp3) is 0.600. The first-order valence-corrected chi connectivity index (χ1v) is 7.21. The standard InChI is InChI=1S/C15H24N4O/c1-10(6-5-7-20)17-12(3)14-9-16-15-8-11(2)18-19(15)13(14)4/h8-10,12,17,20H,5-7H2,1-4H3. The van der Waals surface area contributed by atoms with Crippen molar-refractivity contribution in [2.75, 3.05) is 6.61 Å². The molecule has 0 fully saturated rings. The molecule has 110 valence electrons. The molecule has 5 nitrogen and oxygen atoms in total. The minimum atomic E-state index is 0.213. The van der Waals surface area contributed by atoms with Gasteiger partial charge in [0, 0.05) is 42.2 Å². The van der Waals surface area contributed by atoms with Crippen LogP contribution in [0, 0.1) is 13.8 Å². The van der Waals surface area contributed by atoms with Crippen molar-refractivity contribution in [2.45, 2.75) is 52.6 Å². The van der Waals surface area contributed by atoms with Crippen LogP contribution in [0.2, 0.25) is 0 Å². The quantitative estimate of drug-likeness (QED) is 0.848. The number of fused-ring (bicyclic) bond motifs is 1. The van der Waals surface area contributed by atoms with Crippen LogP contribution in [0.4, 0.5) is 0 Å². The second-order valence-electron chi connectivity index (χ2n) is 5.51. The molecule has 0 amide bonds. The van der Waals surface area contributed by atoms with Crippen molar-refractivity contribution in [3.8, 4) is 0 Å². The Labute approximate surface area is 120 Å². The second kappa shape index (κ2) is 6.33. The van der Waals surface area contributed by atoms with E-state index < -0.39 is 0 Å². The van der Waals surface area contributed by atoms with Crippen LogP contribution >= 0.6 is 0 Å². The van der Waals surface area contributed by atoms with Crippen LogP contribution in [-0.2, 0) is 0 Å². The fourth-order valence-corrected chi connectivity index (χ4v) is 2.60. The van der Waals surface area contributed by atoms with Gasteiger partial charge in [-0.1, -0.05) is 0 Å². The highest BCUT2D eigenvalue weighted by atomic mass is 16.2. The van der Waals surface area contributed by atoms with Crippen LogP contribution in [0.3, 0.4) is 0 Å². The van der Waals surface area contributed by atoms with E-state index in [1.54, 1.807) is 0 Å². The number of nitrogens with one attached hydrogen (secondary N) is 1. The lowest BCUT2D eigenvalue weighted by molar-refractivity contribution is 0.274. The molecule has 0 saturated heterocycles. The highest BCUT2D eigenvalue weighted by Crippen LogP contribution is 2.19. The average Bonchev–Trinajstić information content (AvgIpc) is 2.78. The summed E-state index contributed by atoms with van der Waals surface area (Å²) in [5, 5.41) is 16.9. The molecule has 2 N–H and O–H groups in total. The molecular weight excluding hydrogens is 252 g/mol. The summed E-state index contributed by atoms with van der Waals surface area (Å²) in [5.74, 6) is 0. The summed E-state index contributed by atoms with van der Waals surface area (Å²) in [6.45, 7) is 8.59. The Hall–Kier alpha value is -1.46. The smallest absolute Gasteiger partial charge is 0.155 e. The highest BCUT2D eigenvalue weighted by molar-refractivity contribution is 5.42. The first-order valence-electron chi connectivity index (χ1n) is 7.21. The van der Waals surface area contributed by atoms with E-state index in [0.717, 1.165) is 35.4 Å². The largest absolute Gasteiger partial charge is 0.396 e. The first-order chi connectivity index (χ1) is 9.52. The summed E-state index contributed by atoms with van der Waals surface area (Å²) in [6, 6.07) is 2.57. The van der Waals surface area contributed by atoms with Crippen LogP contribution in [0.1, 0.15) is 49.7 Å². The Morgan fingerprint density at radius 1 is 1.35 bits per heavy atom. The third-order valence-corrected chi connectivity index (χ3v) is 3.68. The maximum absolute atomic E-state index is 8.88. The predicted octanol–water partition coefficient (Wildman–Crippen LogP) is 2.16. The van der Waals surface area contributed by atoms with E-state index >= 15 is 0 Å². The average molecular weight is 276 g/mol. The molecule has 0 aliphatic carbocycles. The van der Waals surface area contributed by atoms with Crippen molar-refractivity contribution in [3.63, 3.8) is 0 Å². The number of aliphatic hydroxyl groups excluding tert-OH is 1. The number of aliphatic hydroxyl groups is 1. The Morgan fingerprint density at radius 3 is 2.80 bits per heavy atom. The molecule has 2 atom stereocenters. The van der Waals surface area contributed by atoms with Gasteiger partial charge >= 0.3 is 0 Å². The molecule has 2 aromatic rings. The van der Waals surface area contributed by atoms with Gasteiger partial charge in [-0.3, -0.25) is 0 Å². The maximum Gasteiger partial charge on any atom is 0.155 e. The summed E-state index contributed by atoms with van der Waals surface area (Å²) in [6.07, 6.45) is 3.73. The molecule has 0 aromatic carbocycles. The number of hydrogen-bond donors (Lipinski definition) is 2. The fourth-order valence-electron chi connectivity index (χ4n) is 2.60. The molecule has 0 aliphatic rings. The van der Waals surface area contributed by atoms with E-state index in [2.05, 4.69) is 36.2 Å². The molecular formula is C15H24N4O. The molecule has 0 aliphatic heterocycles. The molecule has 0 saturated carbocycles. The number of rotatable bonds is 6. The van der Waals surface area contributed by atoms with Gasteiger partial charge in [0.2, 0.25) is 0 Å². The third-order valence-electron chi connectivity index (χ3n) is 3.68. The molecule has 0 spiro atoms. The second-order valence-corrected chi connectivity index (χ2v) is 5.51. The van der Waals surface area contributed by atoms with Crippen molar-refractivity contribution >= 4 is 5.65 Å². The summed E-state index contributed by atoms with van der Waals surface area (Å²) in [5.41, 5.74) is 4.16. The monoisotopic (exact) mass is 276 g/mol. The summed E-state index contributed by atoms with van der Waals surface area (Å²) >= 11 is 0. The van der Waals surface area contributed by atoms with Crippen molar-refractivity contribution in [1.29, 1.82) is 0 Å². The zero-order valence-electron chi connectivity index (χ0n) is 12.7.